The fraction of sp³-hybridized carbons (Fsp3) is 0.150. The van der Waals surface area contributed by atoms with Gasteiger partial charge in [0, 0.05) is 16.6 Å². The largest absolute Gasteiger partial charge is 0.493 e. The van der Waals surface area contributed by atoms with Crippen LogP contribution < -0.4 is 14.8 Å². The van der Waals surface area contributed by atoms with E-state index in [1.807, 2.05) is 18.2 Å². The maximum Gasteiger partial charge on any atom is 0.234 e. The van der Waals surface area contributed by atoms with E-state index in [1.165, 1.54) is 22.5 Å². The van der Waals surface area contributed by atoms with E-state index < -0.39 is 0 Å². The van der Waals surface area contributed by atoms with Crippen molar-refractivity contribution in [2.24, 2.45) is 0 Å². The summed E-state index contributed by atoms with van der Waals surface area (Å²) in [5.41, 5.74) is 0.682. The maximum atomic E-state index is 12.2. The lowest BCUT2D eigenvalue weighted by molar-refractivity contribution is -0.113. The number of hydrogen-bond acceptors (Lipinski definition) is 4. The van der Waals surface area contributed by atoms with Crippen molar-refractivity contribution in [3.63, 3.8) is 0 Å². The lowest BCUT2D eigenvalue weighted by atomic mass is 10.1. The lowest BCUT2D eigenvalue weighted by Gasteiger charge is -2.10. The van der Waals surface area contributed by atoms with Gasteiger partial charge in [0.25, 0.3) is 0 Å². The number of hydrogen-bond donors (Lipinski definition) is 1. The van der Waals surface area contributed by atoms with Crippen molar-refractivity contribution in [2.45, 2.75) is 4.90 Å². The summed E-state index contributed by atoms with van der Waals surface area (Å²) in [6, 6.07) is 19.7. The Balaban J connectivity index is 1.62. The number of carbonyl (C=O) groups is 1. The third-order valence-electron chi connectivity index (χ3n) is 3.76. The summed E-state index contributed by atoms with van der Waals surface area (Å²) >= 11 is 1.51. The Morgan fingerprint density at radius 3 is 2.44 bits per heavy atom. The summed E-state index contributed by atoms with van der Waals surface area (Å²) < 4.78 is 10.4. The smallest absolute Gasteiger partial charge is 0.234 e. The van der Waals surface area contributed by atoms with Crippen molar-refractivity contribution in [1.29, 1.82) is 0 Å². The monoisotopic (exact) mass is 353 g/mol. The molecule has 128 valence electrons. The van der Waals surface area contributed by atoms with Crippen molar-refractivity contribution < 1.29 is 14.3 Å². The highest BCUT2D eigenvalue weighted by molar-refractivity contribution is 8.00. The molecule has 0 saturated carbocycles. The summed E-state index contributed by atoms with van der Waals surface area (Å²) in [6.07, 6.45) is 0. The summed E-state index contributed by atoms with van der Waals surface area (Å²) in [6.45, 7) is 0. The fourth-order valence-corrected chi connectivity index (χ4v) is 3.26. The Morgan fingerprint density at radius 2 is 1.68 bits per heavy atom. The predicted molar refractivity (Wildman–Crippen MR) is 103 cm³/mol. The third-order valence-corrected chi connectivity index (χ3v) is 4.75. The van der Waals surface area contributed by atoms with Gasteiger partial charge in [-0.3, -0.25) is 4.79 Å². The van der Waals surface area contributed by atoms with E-state index >= 15 is 0 Å². The van der Waals surface area contributed by atoms with Crippen molar-refractivity contribution in [1.82, 2.24) is 0 Å². The quantitative estimate of drug-likeness (QED) is 0.659. The number of ether oxygens (including phenoxy) is 2. The van der Waals surface area contributed by atoms with Gasteiger partial charge in [-0.05, 0) is 35.0 Å². The Bertz CT molecular complexity index is 895. The van der Waals surface area contributed by atoms with Crippen molar-refractivity contribution in [3.05, 3.63) is 60.7 Å². The highest BCUT2D eigenvalue weighted by atomic mass is 32.2. The standard InChI is InChI=1S/C20H19NO3S/c1-23-18-10-8-16(12-19(18)24-2)21-20(22)13-25-17-9-7-14-5-3-4-6-15(14)11-17/h3-12H,13H2,1-2H3,(H,21,22). The molecule has 0 aliphatic heterocycles. The summed E-state index contributed by atoms with van der Waals surface area (Å²) in [5, 5.41) is 5.25. The summed E-state index contributed by atoms with van der Waals surface area (Å²) in [5.74, 6) is 1.49. The van der Waals surface area contributed by atoms with Crippen LogP contribution in [0, 0.1) is 0 Å². The van der Waals surface area contributed by atoms with E-state index in [1.54, 1.807) is 32.4 Å². The van der Waals surface area contributed by atoms with Crippen LogP contribution in [0.15, 0.2) is 65.6 Å². The molecule has 25 heavy (non-hydrogen) atoms. The minimum absolute atomic E-state index is 0.0645. The molecule has 0 aliphatic rings. The Hall–Kier alpha value is -2.66. The highest BCUT2D eigenvalue weighted by Gasteiger charge is 2.08. The molecule has 3 aromatic rings. The van der Waals surface area contributed by atoms with Crippen LogP contribution in [0.5, 0.6) is 11.5 Å². The highest BCUT2D eigenvalue weighted by Crippen LogP contribution is 2.30. The SMILES string of the molecule is COc1ccc(NC(=O)CSc2ccc3ccccc3c2)cc1OC. The van der Waals surface area contributed by atoms with E-state index in [4.69, 9.17) is 9.47 Å². The Kier molecular flexibility index (Phi) is 5.46. The van der Waals surface area contributed by atoms with Gasteiger partial charge in [-0.1, -0.05) is 30.3 Å². The van der Waals surface area contributed by atoms with Crippen LogP contribution in [0.2, 0.25) is 0 Å². The minimum Gasteiger partial charge on any atom is -0.493 e. The van der Waals surface area contributed by atoms with Crippen LogP contribution in [-0.2, 0) is 4.79 Å². The molecule has 0 atom stereocenters. The van der Waals surface area contributed by atoms with E-state index in [0.717, 1.165) is 4.90 Å². The average Bonchev–Trinajstić information content (AvgIpc) is 2.66. The van der Waals surface area contributed by atoms with E-state index in [9.17, 15) is 4.79 Å². The van der Waals surface area contributed by atoms with E-state index in [2.05, 4.69) is 29.6 Å². The van der Waals surface area contributed by atoms with Gasteiger partial charge in [0.2, 0.25) is 5.91 Å². The number of fused-ring (bicyclic) bond motifs is 1. The topological polar surface area (TPSA) is 47.6 Å². The molecule has 3 aromatic carbocycles. The van der Waals surface area contributed by atoms with Crippen LogP contribution in [0.1, 0.15) is 0 Å². The van der Waals surface area contributed by atoms with Crippen LogP contribution in [-0.4, -0.2) is 25.9 Å². The second kappa shape index (κ2) is 7.94. The van der Waals surface area contributed by atoms with E-state index in [0.29, 0.717) is 22.9 Å². The van der Waals surface area contributed by atoms with Gasteiger partial charge in [0.15, 0.2) is 11.5 Å². The number of anilines is 1. The second-order valence-corrected chi connectivity index (χ2v) is 6.46. The molecule has 0 heterocycles. The molecular formula is C20H19NO3S. The van der Waals surface area contributed by atoms with Gasteiger partial charge < -0.3 is 14.8 Å². The minimum atomic E-state index is -0.0645. The normalized spacial score (nSPS) is 10.5. The molecule has 0 bridgehead atoms. The zero-order valence-electron chi connectivity index (χ0n) is 14.1. The zero-order chi connectivity index (χ0) is 17.6. The van der Waals surface area contributed by atoms with Gasteiger partial charge in [0.05, 0.1) is 20.0 Å². The van der Waals surface area contributed by atoms with Gasteiger partial charge in [0.1, 0.15) is 0 Å². The first-order chi connectivity index (χ1) is 12.2. The Labute approximate surface area is 151 Å². The van der Waals surface area contributed by atoms with E-state index in [-0.39, 0.29) is 5.91 Å². The zero-order valence-corrected chi connectivity index (χ0v) is 14.9. The molecule has 0 fully saturated rings. The molecule has 0 saturated heterocycles. The molecule has 0 spiro atoms. The number of amides is 1. The number of thioether (sulfide) groups is 1. The predicted octanol–water partition coefficient (Wildman–Crippen LogP) is 4.59. The number of rotatable bonds is 6. The van der Waals surface area contributed by atoms with Crippen LogP contribution in [0.25, 0.3) is 10.8 Å². The van der Waals surface area contributed by atoms with Crippen molar-refractivity contribution in [2.75, 3.05) is 25.3 Å². The number of benzene rings is 3. The van der Waals surface area contributed by atoms with Crippen molar-refractivity contribution in [3.8, 4) is 11.5 Å². The van der Waals surface area contributed by atoms with Crippen LogP contribution in [0.3, 0.4) is 0 Å². The number of nitrogens with one attached hydrogen (secondary N) is 1. The molecule has 1 N–H and O–H groups in total. The number of carbonyl (C=O) groups excluding carboxylic acids is 1. The molecular weight excluding hydrogens is 334 g/mol. The molecule has 0 aliphatic carbocycles. The first kappa shape index (κ1) is 17.2. The molecule has 3 rings (SSSR count). The molecule has 5 heteroatoms. The number of methoxy groups -OCH3 is 2. The summed E-state index contributed by atoms with van der Waals surface area (Å²) in [4.78, 5) is 13.3. The molecule has 0 aromatic heterocycles. The van der Waals surface area contributed by atoms with Gasteiger partial charge in [-0.2, -0.15) is 0 Å². The Morgan fingerprint density at radius 1 is 0.920 bits per heavy atom. The van der Waals surface area contributed by atoms with Gasteiger partial charge in [-0.25, -0.2) is 0 Å². The fourth-order valence-electron chi connectivity index (χ4n) is 2.52. The maximum absolute atomic E-state index is 12.2. The molecule has 1 amide bonds. The lowest BCUT2D eigenvalue weighted by Crippen LogP contribution is -2.14. The average molecular weight is 353 g/mol. The third kappa shape index (κ3) is 4.25. The summed E-state index contributed by atoms with van der Waals surface area (Å²) in [7, 11) is 3.15. The van der Waals surface area contributed by atoms with Gasteiger partial charge >= 0.3 is 0 Å². The molecule has 0 unspecified atom stereocenters. The van der Waals surface area contributed by atoms with Crippen molar-refractivity contribution >= 4 is 34.1 Å². The molecule has 4 nitrogen and oxygen atoms in total. The second-order valence-electron chi connectivity index (χ2n) is 5.42. The first-order valence-electron chi connectivity index (χ1n) is 7.83. The van der Waals surface area contributed by atoms with Gasteiger partial charge in [-0.15, -0.1) is 11.8 Å². The van der Waals surface area contributed by atoms with Crippen LogP contribution in [0.4, 0.5) is 5.69 Å². The first-order valence-corrected chi connectivity index (χ1v) is 8.81. The molecule has 0 radical (unpaired) electrons. The van der Waals surface area contributed by atoms with Crippen LogP contribution >= 0.6 is 11.8 Å².